The van der Waals surface area contributed by atoms with E-state index in [0.717, 1.165) is 0 Å². The van der Waals surface area contributed by atoms with Gasteiger partial charge in [-0.3, -0.25) is 0 Å². The fourth-order valence-electron chi connectivity index (χ4n) is 1.43. The monoisotopic (exact) mass is 248 g/mol. The third-order valence-corrected chi connectivity index (χ3v) is 2.38. The molecule has 0 unspecified atom stereocenters. The highest BCUT2D eigenvalue weighted by Crippen LogP contribution is 2.09. The maximum absolute atomic E-state index is 12.7. The van der Waals surface area contributed by atoms with Crippen LogP contribution < -0.4 is 5.32 Å². The Bertz CT molecular complexity index is 509. The third-order valence-electron chi connectivity index (χ3n) is 2.38. The number of carbonyl (C=O) groups excluding carboxylic acids is 1. The first-order valence-electron chi connectivity index (χ1n) is 5.41. The van der Waals surface area contributed by atoms with E-state index in [1.807, 2.05) is 0 Å². The van der Waals surface area contributed by atoms with Gasteiger partial charge in [0.25, 0.3) is 0 Å². The summed E-state index contributed by atoms with van der Waals surface area (Å²) in [6, 6.07) is 5.32. The standard InChI is InChI=1S/C12H13FN4O/c1-17(8-11-14-6-7-15-11)12(18)16-10-4-2-9(13)3-5-10/h2-7H,8H2,1H3,(H,14,15)(H,16,18). The Morgan fingerprint density at radius 2 is 2.17 bits per heavy atom. The summed E-state index contributed by atoms with van der Waals surface area (Å²) >= 11 is 0. The molecule has 18 heavy (non-hydrogen) atoms. The van der Waals surface area contributed by atoms with Crippen LogP contribution >= 0.6 is 0 Å². The molecule has 1 heterocycles. The molecular weight excluding hydrogens is 235 g/mol. The lowest BCUT2D eigenvalue weighted by Gasteiger charge is -2.16. The Morgan fingerprint density at radius 3 is 2.78 bits per heavy atom. The number of benzene rings is 1. The number of halogens is 1. The van der Waals surface area contributed by atoms with Crippen molar-refractivity contribution < 1.29 is 9.18 Å². The van der Waals surface area contributed by atoms with Gasteiger partial charge in [0.2, 0.25) is 0 Å². The van der Waals surface area contributed by atoms with Crippen LogP contribution in [0.25, 0.3) is 0 Å². The van der Waals surface area contributed by atoms with Crippen molar-refractivity contribution in [1.82, 2.24) is 14.9 Å². The zero-order valence-corrected chi connectivity index (χ0v) is 9.85. The van der Waals surface area contributed by atoms with Gasteiger partial charge in [0.05, 0.1) is 6.54 Å². The van der Waals surface area contributed by atoms with Crippen molar-refractivity contribution in [2.45, 2.75) is 6.54 Å². The molecule has 2 rings (SSSR count). The van der Waals surface area contributed by atoms with E-state index in [4.69, 9.17) is 0 Å². The summed E-state index contributed by atoms with van der Waals surface area (Å²) in [5.41, 5.74) is 0.549. The summed E-state index contributed by atoms with van der Waals surface area (Å²) in [7, 11) is 1.65. The minimum Gasteiger partial charge on any atom is -0.347 e. The smallest absolute Gasteiger partial charge is 0.321 e. The number of amides is 2. The van der Waals surface area contributed by atoms with Crippen molar-refractivity contribution in [2.24, 2.45) is 0 Å². The zero-order chi connectivity index (χ0) is 13.0. The second-order valence-electron chi connectivity index (χ2n) is 3.83. The maximum atomic E-state index is 12.7. The summed E-state index contributed by atoms with van der Waals surface area (Å²) in [6.45, 7) is 0.375. The largest absolute Gasteiger partial charge is 0.347 e. The number of aromatic nitrogens is 2. The predicted molar refractivity (Wildman–Crippen MR) is 65.5 cm³/mol. The molecule has 1 aromatic heterocycles. The van der Waals surface area contributed by atoms with Gasteiger partial charge < -0.3 is 15.2 Å². The summed E-state index contributed by atoms with van der Waals surface area (Å²) < 4.78 is 12.7. The van der Waals surface area contributed by atoms with Crippen molar-refractivity contribution in [3.8, 4) is 0 Å². The van der Waals surface area contributed by atoms with Gasteiger partial charge in [-0.2, -0.15) is 0 Å². The van der Waals surface area contributed by atoms with Gasteiger partial charge in [0.15, 0.2) is 0 Å². The minimum atomic E-state index is -0.336. The molecule has 2 N–H and O–H groups in total. The van der Waals surface area contributed by atoms with Crippen LogP contribution in [0.4, 0.5) is 14.9 Å². The van der Waals surface area contributed by atoms with Gasteiger partial charge in [-0.15, -0.1) is 0 Å². The fourth-order valence-corrected chi connectivity index (χ4v) is 1.43. The number of rotatable bonds is 3. The van der Waals surface area contributed by atoms with E-state index in [0.29, 0.717) is 18.1 Å². The lowest BCUT2D eigenvalue weighted by molar-refractivity contribution is 0.219. The quantitative estimate of drug-likeness (QED) is 0.874. The molecule has 0 spiro atoms. The number of urea groups is 1. The molecular formula is C12H13FN4O. The Hall–Kier alpha value is -2.37. The molecule has 1 aromatic carbocycles. The normalized spacial score (nSPS) is 10.1. The average Bonchev–Trinajstić information content (AvgIpc) is 2.85. The van der Waals surface area contributed by atoms with Crippen LogP contribution in [0.15, 0.2) is 36.7 Å². The number of nitrogens with one attached hydrogen (secondary N) is 2. The molecule has 6 heteroatoms. The van der Waals surface area contributed by atoms with Crippen molar-refractivity contribution >= 4 is 11.7 Å². The van der Waals surface area contributed by atoms with Gasteiger partial charge in [-0.1, -0.05) is 0 Å². The number of imidazole rings is 1. The molecule has 0 fully saturated rings. The third kappa shape index (κ3) is 3.07. The molecule has 0 bridgehead atoms. The van der Waals surface area contributed by atoms with E-state index in [1.165, 1.54) is 29.2 Å². The van der Waals surface area contributed by atoms with E-state index >= 15 is 0 Å². The molecule has 0 saturated heterocycles. The molecule has 0 saturated carbocycles. The number of carbonyl (C=O) groups is 1. The predicted octanol–water partition coefficient (Wildman–Crippen LogP) is 2.21. The lowest BCUT2D eigenvalue weighted by Crippen LogP contribution is -2.31. The van der Waals surface area contributed by atoms with Crippen LogP contribution in [-0.4, -0.2) is 27.9 Å². The highest BCUT2D eigenvalue weighted by atomic mass is 19.1. The molecule has 94 valence electrons. The average molecular weight is 248 g/mol. The van der Waals surface area contributed by atoms with E-state index < -0.39 is 0 Å². The summed E-state index contributed by atoms with van der Waals surface area (Å²) in [6.07, 6.45) is 3.32. The van der Waals surface area contributed by atoms with Crippen LogP contribution in [0.5, 0.6) is 0 Å². The zero-order valence-electron chi connectivity index (χ0n) is 9.85. The molecule has 5 nitrogen and oxygen atoms in total. The van der Waals surface area contributed by atoms with Gasteiger partial charge in [-0.05, 0) is 24.3 Å². The van der Waals surface area contributed by atoms with E-state index in [2.05, 4.69) is 15.3 Å². The molecule has 0 aliphatic rings. The second-order valence-corrected chi connectivity index (χ2v) is 3.83. The first-order chi connectivity index (χ1) is 8.65. The van der Waals surface area contributed by atoms with Crippen LogP contribution in [0, 0.1) is 5.82 Å². The Labute approximate surface area is 104 Å². The number of hydrogen-bond donors (Lipinski definition) is 2. The number of aromatic amines is 1. The van der Waals surface area contributed by atoms with Crippen LogP contribution in [0.3, 0.4) is 0 Å². The number of H-pyrrole nitrogens is 1. The van der Waals surface area contributed by atoms with Gasteiger partial charge in [0, 0.05) is 25.1 Å². The van der Waals surface area contributed by atoms with Crippen molar-refractivity contribution in [3.05, 3.63) is 48.3 Å². The van der Waals surface area contributed by atoms with E-state index in [-0.39, 0.29) is 11.8 Å². The van der Waals surface area contributed by atoms with Crippen molar-refractivity contribution in [2.75, 3.05) is 12.4 Å². The highest BCUT2D eigenvalue weighted by molar-refractivity contribution is 5.88. The summed E-state index contributed by atoms with van der Waals surface area (Å²) in [5.74, 6) is 0.365. The molecule has 0 radical (unpaired) electrons. The number of anilines is 1. The van der Waals surface area contributed by atoms with Gasteiger partial charge in [0.1, 0.15) is 11.6 Å². The summed E-state index contributed by atoms with van der Waals surface area (Å²) in [4.78, 5) is 20.2. The molecule has 0 aliphatic heterocycles. The fraction of sp³-hybridized carbons (Fsp3) is 0.167. The molecule has 2 amide bonds. The topological polar surface area (TPSA) is 61.0 Å². The number of hydrogen-bond acceptors (Lipinski definition) is 2. The van der Waals surface area contributed by atoms with Crippen molar-refractivity contribution in [3.63, 3.8) is 0 Å². The molecule has 0 atom stereocenters. The van der Waals surface area contributed by atoms with Crippen LogP contribution in [-0.2, 0) is 6.54 Å². The van der Waals surface area contributed by atoms with E-state index in [1.54, 1.807) is 19.4 Å². The SMILES string of the molecule is CN(Cc1ncc[nH]1)C(=O)Nc1ccc(F)cc1. The first kappa shape index (κ1) is 12.1. The second kappa shape index (κ2) is 5.31. The number of nitrogens with zero attached hydrogens (tertiary/aromatic N) is 2. The Morgan fingerprint density at radius 1 is 1.44 bits per heavy atom. The van der Waals surface area contributed by atoms with Crippen LogP contribution in [0.1, 0.15) is 5.82 Å². The molecule has 0 aliphatic carbocycles. The maximum Gasteiger partial charge on any atom is 0.321 e. The van der Waals surface area contributed by atoms with Gasteiger partial charge >= 0.3 is 6.03 Å². The first-order valence-corrected chi connectivity index (χ1v) is 5.41. The Kier molecular flexibility index (Phi) is 3.57. The highest BCUT2D eigenvalue weighted by Gasteiger charge is 2.10. The van der Waals surface area contributed by atoms with Gasteiger partial charge in [-0.25, -0.2) is 14.2 Å². The van der Waals surface area contributed by atoms with Crippen LogP contribution in [0.2, 0.25) is 0 Å². The summed E-state index contributed by atoms with van der Waals surface area (Å²) in [5, 5.41) is 2.66. The van der Waals surface area contributed by atoms with E-state index in [9.17, 15) is 9.18 Å². The lowest BCUT2D eigenvalue weighted by atomic mass is 10.3. The minimum absolute atomic E-state index is 0.280. The Balaban J connectivity index is 1.93. The van der Waals surface area contributed by atoms with Crippen molar-refractivity contribution in [1.29, 1.82) is 0 Å². The molecule has 2 aromatic rings.